The quantitative estimate of drug-likeness (QED) is 0.154. The smallest absolute Gasteiger partial charge is 0.252 e. The topological polar surface area (TPSA) is 9.72 Å². The average molecular weight is 966 g/mol. The normalized spacial score (nSPS) is 13.5. The molecular weight excluding hydrogens is 894 g/mol. The third-order valence-corrected chi connectivity index (χ3v) is 15.8. The molecule has 2 aliphatic rings. The number of rotatable bonds is 6. The highest BCUT2D eigenvalue weighted by molar-refractivity contribution is 7.00. The second-order valence-electron chi connectivity index (χ2n) is 25.4. The SMILES string of the molecule is Cc1ccc(-c2ccc(C)cc2N(c2cc3c4c(c2)N(c2ccc(C(C)(C)C)cc2)c2ccc(C(C)(C)C)cc2B4c2cc(C(C)(C)C)ccc2N3c2ccc(C(C)(C)C)cc2)c2ccc3ccccc3c2)cc1. The summed E-state index contributed by atoms with van der Waals surface area (Å²) >= 11 is 0. The summed E-state index contributed by atoms with van der Waals surface area (Å²) in [5.41, 5.74) is 24.4. The number of aryl methyl sites for hydroxylation is 2. The van der Waals surface area contributed by atoms with Gasteiger partial charge in [-0.05, 0) is 163 Å². The molecule has 0 saturated heterocycles. The van der Waals surface area contributed by atoms with Crippen molar-refractivity contribution in [1.82, 2.24) is 0 Å². The highest BCUT2D eigenvalue weighted by Gasteiger charge is 2.45. The highest BCUT2D eigenvalue weighted by atomic mass is 15.2. The van der Waals surface area contributed by atoms with Crippen LogP contribution in [-0.2, 0) is 21.7 Å². The van der Waals surface area contributed by atoms with Crippen molar-refractivity contribution in [1.29, 1.82) is 0 Å². The summed E-state index contributed by atoms with van der Waals surface area (Å²) in [6.07, 6.45) is 0. The maximum atomic E-state index is 2.59. The zero-order valence-corrected chi connectivity index (χ0v) is 46.2. The van der Waals surface area contributed by atoms with Gasteiger partial charge in [-0.2, -0.15) is 0 Å². The fourth-order valence-electron chi connectivity index (χ4n) is 11.4. The van der Waals surface area contributed by atoms with E-state index < -0.39 is 0 Å². The lowest BCUT2D eigenvalue weighted by Gasteiger charge is -2.45. The molecule has 4 heteroatoms. The molecule has 74 heavy (non-hydrogen) atoms. The molecule has 0 spiro atoms. The molecule has 0 aliphatic carbocycles. The van der Waals surface area contributed by atoms with E-state index in [-0.39, 0.29) is 28.4 Å². The molecule has 3 nitrogen and oxygen atoms in total. The summed E-state index contributed by atoms with van der Waals surface area (Å²) in [6, 6.07) is 70.2. The number of nitrogens with zero attached hydrogens (tertiary/aromatic N) is 3. The van der Waals surface area contributed by atoms with Gasteiger partial charge in [0, 0.05) is 45.4 Å². The van der Waals surface area contributed by atoms with Crippen LogP contribution in [0.15, 0.2) is 182 Å². The Kier molecular flexibility index (Phi) is 11.7. The van der Waals surface area contributed by atoms with Crippen LogP contribution in [0.3, 0.4) is 0 Å². The van der Waals surface area contributed by atoms with Crippen LogP contribution in [0.4, 0.5) is 51.2 Å². The van der Waals surface area contributed by atoms with Gasteiger partial charge < -0.3 is 14.7 Å². The van der Waals surface area contributed by atoms with Crippen molar-refractivity contribution in [3.05, 3.63) is 215 Å². The van der Waals surface area contributed by atoms with Gasteiger partial charge in [-0.3, -0.25) is 0 Å². The first-order chi connectivity index (χ1) is 35.0. The van der Waals surface area contributed by atoms with Crippen molar-refractivity contribution in [3.63, 3.8) is 0 Å². The van der Waals surface area contributed by atoms with Crippen molar-refractivity contribution in [2.45, 2.75) is 119 Å². The Labute approximate surface area is 442 Å². The van der Waals surface area contributed by atoms with E-state index in [1.807, 2.05) is 0 Å². The van der Waals surface area contributed by atoms with E-state index in [1.165, 1.54) is 94.4 Å². The number of anilines is 9. The van der Waals surface area contributed by atoms with Gasteiger partial charge in [-0.15, -0.1) is 0 Å². The molecule has 0 saturated carbocycles. The number of hydrogen-bond acceptors (Lipinski definition) is 3. The van der Waals surface area contributed by atoms with Crippen LogP contribution in [0.1, 0.15) is 116 Å². The third-order valence-electron chi connectivity index (χ3n) is 15.8. The number of fused-ring (bicyclic) bond motifs is 5. The van der Waals surface area contributed by atoms with Crippen LogP contribution in [0.2, 0.25) is 0 Å². The highest BCUT2D eigenvalue weighted by Crippen LogP contribution is 2.51. The molecule has 0 unspecified atom stereocenters. The van der Waals surface area contributed by atoms with Gasteiger partial charge >= 0.3 is 0 Å². The summed E-state index contributed by atoms with van der Waals surface area (Å²) in [5, 5.41) is 2.42. The number of benzene rings is 9. The summed E-state index contributed by atoms with van der Waals surface area (Å²) in [4.78, 5) is 7.71. The van der Waals surface area contributed by atoms with Gasteiger partial charge in [0.15, 0.2) is 0 Å². The first-order valence-corrected chi connectivity index (χ1v) is 26.8. The van der Waals surface area contributed by atoms with Gasteiger partial charge in [0.2, 0.25) is 0 Å². The molecule has 0 amide bonds. The molecule has 9 aromatic carbocycles. The molecule has 2 heterocycles. The van der Waals surface area contributed by atoms with Crippen LogP contribution in [0.5, 0.6) is 0 Å². The largest absolute Gasteiger partial charge is 0.311 e. The maximum Gasteiger partial charge on any atom is 0.252 e. The van der Waals surface area contributed by atoms with Crippen LogP contribution in [-0.4, -0.2) is 6.71 Å². The predicted octanol–water partition coefficient (Wildman–Crippen LogP) is 17.9. The van der Waals surface area contributed by atoms with Crippen molar-refractivity contribution in [2.24, 2.45) is 0 Å². The lowest BCUT2D eigenvalue weighted by atomic mass is 9.33. The Bertz CT molecular complexity index is 3460. The van der Waals surface area contributed by atoms with Crippen LogP contribution in [0, 0.1) is 13.8 Å². The lowest BCUT2D eigenvalue weighted by molar-refractivity contribution is 0.590. The molecule has 2 aliphatic heterocycles. The summed E-state index contributed by atoms with van der Waals surface area (Å²) in [6.45, 7) is 32.3. The van der Waals surface area contributed by atoms with Gasteiger partial charge in [-0.25, -0.2) is 0 Å². The van der Waals surface area contributed by atoms with E-state index in [4.69, 9.17) is 0 Å². The van der Waals surface area contributed by atoms with Gasteiger partial charge in [0.05, 0.1) is 11.4 Å². The average Bonchev–Trinajstić information content (AvgIpc) is 3.39. The van der Waals surface area contributed by atoms with E-state index in [1.54, 1.807) is 0 Å². The molecule has 0 bridgehead atoms. The van der Waals surface area contributed by atoms with Crippen molar-refractivity contribution in [2.75, 3.05) is 14.7 Å². The fourth-order valence-corrected chi connectivity index (χ4v) is 11.4. The lowest BCUT2D eigenvalue weighted by Crippen LogP contribution is -2.61. The van der Waals surface area contributed by atoms with Crippen LogP contribution in [0.25, 0.3) is 21.9 Å². The van der Waals surface area contributed by atoms with Crippen LogP contribution < -0.4 is 31.1 Å². The Balaban J connectivity index is 1.29. The van der Waals surface area contributed by atoms with Gasteiger partial charge in [0.25, 0.3) is 6.71 Å². The Morgan fingerprint density at radius 1 is 0.365 bits per heavy atom. The minimum atomic E-state index is -0.0594. The molecule has 0 atom stereocenters. The monoisotopic (exact) mass is 966 g/mol. The standard InChI is InChI=1S/C70H72BN3/c1-45-19-22-48(23-20-45)58-36-21-46(2)39-63(58)72(56-31-24-47-17-15-16-18-49(47)40-56)57-43-64-66-65(44-57)74(55-34-27-51(28-35-55)68(6,7)8)62-38-30-53(70(12,13)14)42-60(62)71(66)59-41-52(69(9,10)11)29-37-61(59)73(64)54-32-25-50(26-33-54)67(3,4)5/h15-44H,1-14H3. The molecule has 0 fully saturated rings. The summed E-state index contributed by atoms with van der Waals surface area (Å²) < 4.78 is 0. The van der Waals surface area contributed by atoms with E-state index >= 15 is 0 Å². The summed E-state index contributed by atoms with van der Waals surface area (Å²) in [5.74, 6) is 0. The van der Waals surface area contributed by atoms with Gasteiger partial charge in [-0.1, -0.05) is 204 Å². The number of hydrogen-bond donors (Lipinski definition) is 0. The Hall–Kier alpha value is -7.30. The first kappa shape index (κ1) is 48.9. The third kappa shape index (κ3) is 8.70. The van der Waals surface area contributed by atoms with E-state index in [0.717, 1.165) is 28.4 Å². The second-order valence-corrected chi connectivity index (χ2v) is 25.4. The Morgan fingerprint density at radius 2 is 0.824 bits per heavy atom. The first-order valence-electron chi connectivity index (χ1n) is 26.8. The van der Waals surface area contributed by atoms with Crippen molar-refractivity contribution >= 4 is 85.1 Å². The zero-order chi connectivity index (χ0) is 52.2. The molecule has 0 N–H and O–H groups in total. The minimum absolute atomic E-state index is 0.00492. The summed E-state index contributed by atoms with van der Waals surface area (Å²) in [7, 11) is 0. The van der Waals surface area contributed by atoms with Crippen molar-refractivity contribution < 1.29 is 0 Å². The maximum absolute atomic E-state index is 2.59. The van der Waals surface area contributed by atoms with E-state index in [9.17, 15) is 0 Å². The van der Waals surface area contributed by atoms with Crippen molar-refractivity contribution in [3.8, 4) is 11.1 Å². The molecule has 0 aromatic heterocycles. The zero-order valence-electron chi connectivity index (χ0n) is 46.2. The second kappa shape index (κ2) is 17.7. The fraction of sp³-hybridized carbons (Fsp3) is 0.257. The van der Waals surface area contributed by atoms with Gasteiger partial charge in [0.1, 0.15) is 0 Å². The predicted molar refractivity (Wildman–Crippen MR) is 322 cm³/mol. The van der Waals surface area contributed by atoms with Crippen LogP contribution >= 0.6 is 0 Å². The van der Waals surface area contributed by atoms with E-state index in [0.29, 0.717) is 0 Å². The molecule has 11 rings (SSSR count). The molecule has 0 radical (unpaired) electrons. The van der Waals surface area contributed by atoms with E-state index in [2.05, 4.69) is 294 Å². The molecule has 9 aromatic rings. The Morgan fingerprint density at radius 3 is 1.31 bits per heavy atom. The minimum Gasteiger partial charge on any atom is -0.311 e. The molecular formula is C70H72BN3. The molecule has 370 valence electrons.